The van der Waals surface area contributed by atoms with E-state index in [9.17, 15) is 4.79 Å². The second kappa shape index (κ2) is 8.53. The highest BCUT2D eigenvalue weighted by Crippen LogP contribution is 2.31. The van der Waals surface area contributed by atoms with Gasteiger partial charge in [-0.2, -0.15) is 0 Å². The minimum atomic E-state index is -0.00256. The maximum Gasteiger partial charge on any atom is 0.192 e. The first kappa shape index (κ1) is 19.3. The quantitative estimate of drug-likeness (QED) is 0.332. The summed E-state index contributed by atoms with van der Waals surface area (Å²) in [7, 11) is 0. The maximum absolute atomic E-state index is 12.7. The topological polar surface area (TPSA) is 66.2 Å². The summed E-state index contributed by atoms with van der Waals surface area (Å²) in [5.41, 5.74) is 2.73. The van der Waals surface area contributed by atoms with Gasteiger partial charge in [-0.3, -0.25) is 9.36 Å². The number of aromatic nitrogens is 3. The number of allylic oxidation sites excluding steroid dienone is 1. The van der Waals surface area contributed by atoms with E-state index in [1.54, 1.807) is 24.3 Å². The summed E-state index contributed by atoms with van der Waals surface area (Å²) in [6.07, 6.45) is 1.80. The van der Waals surface area contributed by atoms with E-state index >= 15 is 0 Å². The van der Waals surface area contributed by atoms with Crippen molar-refractivity contribution < 1.29 is 14.3 Å². The van der Waals surface area contributed by atoms with Crippen molar-refractivity contribution in [3.8, 4) is 22.9 Å². The average molecular weight is 407 g/mol. The zero-order valence-corrected chi connectivity index (χ0v) is 16.9. The third-order valence-corrected chi connectivity index (χ3v) is 5.47. The second-order valence-electron chi connectivity index (χ2n) is 6.65. The summed E-state index contributed by atoms with van der Waals surface area (Å²) in [6.45, 7) is 7.46. The molecule has 7 heteroatoms. The van der Waals surface area contributed by atoms with Crippen LogP contribution in [0.25, 0.3) is 11.4 Å². The zero-order chi connectivity index (χ0) is 20.2. The SMILES string of the molecule is C=CCn1c(SCC(=O)c2ccc3c(c2)OCCO3)nnc1-c1cccc(C)c1. The molecule has 2 heterocycles. The van der Waals surface area contributed by atoms with Crippen LogP contribution in [-0.4, -0.2) is 39.5 Å². The number of hydrogen-bond acceptors (Lipinski definition) is 6. The zero-order valence-electron chi connectivity index (χ0n) is 16.1. The van der Waals surface area contributed by atoms with Crippen LogP contribution in [0.15, 0.2) is 60.3 Å². The minimum absolute atomic E-state index is 0.00256. The molecule has 0 unspecified atom stereocenters. The molecule has 1 aliphatic heterocycles. The predicted octanol–water partition coefficient (Wildman–Crippen LogP) is 4.19. The first-order valence-corrected chi connectivity index (χ1v) is 10.3. The van der Waals surface area contributed by atoms with Gasteiger partial charge < -0.3 is 9.47 Å². The maximum atomic E-state index is 12.7. The molecule has 0 radical (unpaired) electrons. The fourth-order valence-electron chi connectivity index (χ4n) is 3.12. The monoisotopic (exact) mass is 407 g/mol. The van der Waals surface area contributed by atoms with Crippen LogP contribution in [0, 0.1) is 6.92 Å². The molecule has 2 aromatic carbocycles. The number of rotatable bonds is 7. The molecule has 4 rings (SSSR count). The molecular formula is C22H21N3O3S. The molecular weight excluding hydrogens is 386 g/mol. The lowest BCUT2D eigenvalue weighted by Crippen LogP contribution is -2.16. The molecule has 1 aliphatic rings. The second-order valence-corrected chi connectivity index (χ2v) is 7.59. The van der Waals surface area contributed by atoms with Crippen molar-refractivity contribution in [3.63, 3.8) is 0 Å². The van der Waals surface area contributed by atoms with Crippen LogP contribution in [0.1, 0.15) is 15.9 Å². The minimum Gasteiger partial charge on any atom is -0.486 e. The van der Waals surface area contributed by atoms with Crippen molar-refractivity contribution in [2.24, 2.45) is 0 Å². The molecule has 0 atom stereocenters. The summed E-state index contributed by atoms with van der Waals surface area (Å²) in [5, 5.41) is 9.35. The molecule has 0 fully saturated rings. The van der Waals surface area contributed by atoms with Crippen molar-refractivity contribution in [2.75, 3.05) is 19.0 Å². The predicted molar refractivity (Wildman–Crippen MR) is 113 cm³/mol. The molecule has 1 aromatic heterocycles. The summed E-state index contributed by atoms with van der Waals surface area (Å²) in [5.74, 6) is 2.31. The van der Waals surface area contributed by atoms with E-state index in [1.807, 2.05) is 29.7 Å². The number of nitrogens with zero attached hydrogens (tertiary/aromatic N) is 3. The number of ether oxygens (including phenoxy) is 2. The Hall–Kier alpha value is -3.06. The smallest absolute Gasteiger partial charge is 0.192 e. The fraction of sp³-hybridized carbons (Fsp3) is 0.227. The van der Waals surface area contributed by atoms with E-state index in [2.05, 4.69) is 22.8 Å². The number of benzene rings is 2. The van der Waals surface area contributed by atoms with E-state index in [-0.39, 0.29) is 11.5 Å². The number of ketones is 1. The van der Waals surface area contributed by atoms with Gasteiger partial charge in [-0.05, 0) is 31.2 Å². The van der Waals surface area contributed by atoms with Gasteiger partial charge in [0.05, 0.1) is 5.75 Å². The Morgan fingerprint density at radius 2 is 2.00 bits per heavy atom. The highest BCUT2D eigenvalue weighted by Gasteiger charge is 2.18. The molecule has 29 heavy (non-hydrogen) atoms. The number of thioether (sulfide) groups is 1. The molecule has 0 saturated carbocycles. The molecule has 148 valence electrons. The van der Waals surface area contributed by atoms with Crippen LogP contribution in [-0.2, 0) is 6.54 Å². The van der Waals surface area contributed by atoms with Crippen LogP contribution in [0.2, 0.25) is 0 Å². The molecule has 0 N–H and O–H groups in total. The third kappa shape index (κ3) is 4.19. The lowest BCUT2D eigenvalue weighted by Gasteiger charge is -2.18. The summed E-state index contributed by atoms with van der Waals surface area (Å²) in [4.78, 5) is 12.7. The molecule has 0 aliphatic carbocycles. The number of fused-ring (bicyclic) bond motifs is 1. The van der Waals surface area contributed by atoms with Gasteiger partial charge in [-0.25, -0.2) is 0 Å². The Labute approximate surface area is 173 Å². The number of aryl methyl sites for hydroxylation is 1. The Kier molecular flexibility index (Phi) is 5.67. The van der Waals surface area contributed by atoms with Gasteiger partial charge >= 0.3 is 0 Å². The first-order valence-electron chi connectivity index (χ1n) is 9.32. The Bertz CT molecular complexity index is 1060. The highest BCUT2D eigenvalue weighted by atomic mass is 32.2. The summed E-state index contributed by atoms with van der Waals surface area (Å²) in [6, 6.07) is 13.4. The first-order chi connectivity index (χ1) is 14.2. The van der Waals surface area contributed by atoms with Gasteiger partial charge in [-0.15, -0.1) is 16.8 Å². The molecule has 0 spiro atoms. The fourth-order valence-corrected chi connectivity index (χ4v) is 3.96. The molecule has 0 bridgehead atoms. The van der Waals surface area contributed by atoms with E-state index < -0.39 is 0 Å². The Balaban J connectivity index is 1.52. The number of Topliss-reactive ketones (excluding diaryl/α,β-unsaturated/α-hetero) is 1. The highest BCUT2D eigenvalue weighted by molar-refractivity contribution is 7.99. The van der Waals surface area contributed by atoms with Crippen LogP contribution in [0.5, 0.6) is 11.5 Å². The van der Waals surface area contributed by atoms with E-state index in [0.717, 1.165) is 17.0 Å². The van der Waals surface area contributed by atoms with E-state index in [4.69, 9.17) is 9.47 Å². The number of carbonyl (C=O) groups is 1. The van der Waals surface area contributed by atoms with Crippen LogP contribution >= 0.6 is 11.8 Å². The standard InChI is InChI=1S/C22H21N3O3S/c1-3-9-25-21(17-6-4-5-15(2)12-17)23-24-22(25)29-14-18(26)16-7-8-19-20(13-16)28-11-10-27-19/h3-8,12-13H,1,9-11,14H2,2H3. The normalized spacial score (nSPS) is 12.6. The van der Waals surface area contributed by atoms with E-state index in [1.165, 1.54) is 11.8 Å². The van der Waals surface area contributed by atoms with Gasteiger partial charge in [-0.1, -0.05) is 41.6 Å². The summed E-state index contributed by atoms with van der Waals surface area (Å²) >= 11 is 1.37. The van der Waals surface area contributed by atoms with Crippen molar-refractivity contribution in [2.45, 2.75) is 18.6 Å². The van der Waals surface area contributed by atoms with Crippen molar-refractivity contribution >= 4 is 17.5 Å². The lowest BCUT2D eigenvalue weighted by molar-refractivity contribution is 0.102. The van der Waals surface area contributed by atoms with Crippen LogP contribution in [0.3, 0.4) is 0 Å². The molecule has 0 amide bonds. The van der Waals surface area contributed by atoms with Gasteiger partial charge in [0.1, 0.15) is 13.2 Å². The Morgan fingerprint density at radius 3 is 2.79 bits per heavy atom. The van der Waals surface area contributed by atoms with Crippen LogP contribution in [0.4, 0.5) is 0 Å². The van der Waals surface area contributed by atoms with Crippen molar-refractivity contribution in [3.05, 3.63) is 66.2 Å². The molecule has 0 saturated heterocycles. The number of carbonyl (C=O) groups excluding carboxylic acids is 1. The van der Waals surface area contributed by atoms with Gasteiger partial charge in [0, 0.05) is 17.7 Å². The van der Waals surface area contributed by atoms with Crippen molar-refractivity contribution in [1.82, 2.24) is 14.8 Å². The molecule has 3 aromatic rings. The van der Waals surface area contributed by atoms with E-state index in [0.29, 0.717) is 42.0 Å². The lowest BCUT2D eigenvalue weighted by atomic mass is 10.1. The van der Waals surface area contributed by atoms with Gasteiger partial charge in [0.15, 0.2) is 28.3 Å². The van der Waals surface area contributed by atoms with Crippen molar-refractivity contribution in [1.29, 1.82) is 0 Å². The Morgan fingerprint density at radius 1 is 1.17 bits per heavy atom. The summed E-state index contributed by atoms with van der Waals surface area (Å²) < 4.78 is 13.1. The van der Waals surface area contributed by atoms with Gasteiger partial charge in [0.25, 0.3) is 0 Å². The van der Waals surface area contributed by atoms with Gasteiger partial charge in [0.2, 0.25) is 0 Å². The number of hydrogen-bond donors (Lipinski definition) is 0. The third-order valence-electron chi connectivity index (χ3n) is 4.50. The molecule has 6 nitrogen and oxygen atoms in total. The largest absolute Gasteiger partial charge is 0.486 e. The van der Waals surface area contributed by atoms with Crippen LogP contribution < -0.4 is 9.47 Å². The average Bonchev–Trinajstić information content (AvgIpc) is 3.14.